The summed E-state index contributed by atoms with van der Waals surface area (Å²) in [6, 6.07) is 17.7. The largest absolute Gasteiger partial charge is 0.481 e. The molecule has 0 aliphatic carbocycles. The fraction of sp³-hybridized carbons (Fsp3) is 0.148. The van der Waals surface area contributed by atoms with Crippen LogP contribution in [0, 0.1) is 18.6 Å². The van der Waals surface area contributed by atoms with E-state index >= 15 is 0 Å². The molecule has 184 valence electrons. The van der Waals surface area contributed by atoms with Crippen molar-refractivity contribution in [3.8, 4) is 22.5 Å². The maximum absolute atomic E-state index is 13.7. The summed E-state index contributed by atoms with van der Waals surface area (Å²) in [7, 11) is 0. The Morgan fingerprint density at radius 1 is 0.972 bits per heavy atom. The van der Waals surface area contributed by atoms with Gasteiger partial charge in [0.15, 0.2) is 5.76 Å². The van der Waals surface area contributed by atoms with Crippen LogP contribution < -0.4 is 5.32 Å². The smallest absolute Gasteiger partial charge is 0.411 e. The highest BCUT2D eigenvalue weighted by Crippen LogP contribution is 2.32. The number of halogens is 2. The minimum Gasteiger partial charge on any atom is -0.481 e. The Balaban J connectivity index is 1.41. The Kier molecular flexibility index (Phi) is 7.39. The second-order valence-electron chi connectivity index (χ2n) is 8.06. The molecule has 0 bridgehead atoms. The van der Waals surface area contributed by atoms with Gasteiger partial charge in [-0.05, 0) is 47.4 Å². The van der Waals surface area contributed by atoms with Crippen molar-refractivity contribution >= 4 is 17.7 Å². The number of carbonyl (C=O) groups excluding carboxylic acids is 1. The maximum atomic E-state index is 13.7. The van der Waals surface area contributed by atoms with Gasteiger partial charge >= 0.3 is 12.1 Å². The van der Waals surface area contributed by atoms with E-state index in [1.165, 1.54) is 0 Å². The molecule has 0 fully saturated rings. The number of nitrogens with zero attached hydrogens (tertiary/aromatic N) is 1. The van der Waals surface area contributed by atoms with Crippen LogP contribution in [-0.2, 0) is 22.4 Å². The molecule has 0 aliphatic rings. The number of aryl methyl sites for hydroxylation is 1. The van der Waals surface area contributed by atoms with Crippen molar-refractivity contribution in [1.29, 1.82) is 0 Å². The highest BCUT2D eigenvalue weighted by atomic mass is 19.1. The standard InChI is InChI=1S/C27H22F2N2O5/c1-16-25(30-27(34)35-13-12-21-15-22(28)10-11-23(21)29)26(36-31-16)20-8-6-19(7-9-20)18-4-2-17(3-5-18)14-24(32)33/h2-11,15H,12-14H2,1H3,(H,30,34)(H,32,33). The first-order valence-corrected chi connectivity index (χ1v) is 11.1. The number of hydrogen-bond acceptors (Lipinski definition) is 5. The summed E-state index contributed by atoms with van der Waals surface area (Å²) in [4.78, 5) is 23.2. The number of anilines is 1. The molecule has 7 nitrogen and oxygen atoms in total. The molecule has 0 spiro atoms. The van der Waals surface area contributed by atoms with Crippen LogP contribution in [0.3, 0.4) is 0 Å². The number of carboxylic acids is 1. The SMILES string of the molecule is Cc1noc(-c2ccc(-c3ccc(CC(=O)O)cc3)cc2)c1NC(=O)OCCc1cc(F)ccc1F. The van der Waals surface area contributed by atoms with E-state index in [-0.39, 0.29) is 25.0 Å². The molecular formula is C27H22F2N2O5. The fourth-order valence-electron chi connectivity index (χ4n) is 3.64. The number of aromatic nitrogens is 1. The number of benzene rings is 3. The average Bonchev–Trinajstić information content (AvgIpc) is 3.21. The van der Waals surface area contributed by atoms with E-state index in [4.69, 9.17) is 14.4 Å². The molecule has 9 heteroatoms. The fourth-order valence-corrected chi connectivity index (χ4v) is 3.64. The van der Waals surface area contributed by atoms with Crippen LogP contribution in [0.25, 0.3) is 22.5 Å². The van der Waals surface area contributed by atoms with Gasteiger partial charge in [-0.3, -0.25) is 10.1 Å². The molecule has 3 aromatic carbocycles. The summed E-state index contributed by atoms with van der Waals surface area (Å²) < 4.78 is 37.6. The Labute approximate surface area is 205 Å². The zero-order valence-electron chi connectivity index (χ0n) is 19.3. The Morgan fingerprint density at radius 3 is 2.28 bits per heavy atom. The van der Waals surface area contributed by atoms with Crippen LogP contribution in [0.4, 0.5) is 19.3 Å². The maximum Gasteiger partial charge on any atom is 0.411 e. The second-order valence-corrected chi connectivity index (χ2v) is 8.06. The third kappa shape index (κ3) is 5.93. The summed E-state index contributed by atoms with van der Waals surface area (Å²) in [6.45, 7) is 1.52. The molecule has 1 heterocycles. The van der Waals surface area contributed by atoms with Crippen LogP contribution in [0.5, 0.6) is 0 Å². The van der Waals surface area contributed by atoms with E-state index in [1.807, 2.05) is 36.4 Å². The predicted molar refractivity (Wildman–Crippen MR) is 128 cm³/mol. The van der Waals surface area contributed by atoms with Gasteiger partial charge in [0.2, 0.25) is 0 Å². The zero-order chi connectivity index (χ0) is 25.7. The zero-order valence-corrected chi connectivity index (χ0v) is 19.3. The molecule has 1 aromatic heterocycles. The van der Waals surface area contributed by atoms with Crippen molar-refractivity contribution < 1.29 is 32.7 Å². The second kappa shape index (κ2) is 10.8. The van der Waals surface area contributed by atoms with E-state index < -0.39 is 23.7 Å². The summed E-state index contributed by atoms with van der Waals surface area (Å²) in [6.07, 6.45) is -0.799. The molecule has 0 saturated heterocycles. The van der Waals surface area contributed by atoms with Crippen molar-refractivity contribution in [1.82, 2.24) is 5.16 Å². The molecule has 1 amide bonds. The quantitative estimate of drug-likeness (QED) is 0.312. The van der Waals surface area contributed by atoms with Gasteiger partial charge in [0, 0.05) is 12.0 Å². The molecule has 36 heavy (non-hydrogen) atoms. The summed E-state index contributed by atoms with van der Waals surface area (Å²) in [5.41, 5.74) is 4.10. The molecular weight excluding hydrogens is 470 g/mol. The van der Waals surface area contributed by atoms with Gasteiger partial charge in [-0.1, -0.05) is 53.7 Å². The Hall–Kier alpha value is -4.53. The first-order chi connectivity index (χ1) is 17.3. The van der Waals surface area contributed by atoms with Gasteiger partial charge in [-0.2, -0.15) is 0 Å². The van der Waals surface area contributed by atoms with Crippen LogP contribution >= 0.6 is 0 Å². The van der Waals surface area contributed by atoms with E-state index in [0.717, 1.165) is 29.3 Å². The van der Waals surface area contributed by atoms with Gasteiger partial charge in [0.25, 0.3) is 0 Å². The van der Waals surface area contributed by atoms with Crippen molar-refractivity contribution in [2.75, 3.05) is 11.9 Å². The van der Waals surface area contributed by atoms with Crippen LogP contribution in [0.1, 0.15) is 16.8 Å². The molecule has 0 saturated carbocycles. The number of rotatable bonds is 8. The molecule has 0 radical (unpaired) electrons. The normalized spacial score (nSPS) is 10.8. The van der Waals surface area contributed by atoms with Crippen molar-refractivity contribution in [2.24, 2.45) is 0 Å². The lowest BCUT2D eigenvalue weighted by Crippen LogP contribution is -2.16. The van der Waals surface area contributed by atoms with E-state index in [2.05, 4.69) is 10.5 Å². The summed E-state index contributed by atoms with van der Waals surface area (Å²) in [5, 5.41) is 15.4. The van der Waals surface area contributed by atoms with Crippen LogP contribution in [-0.4, -0.2) is 28.9 Å². The number of hydrogen-bond donors (Lipinski definition) is 2. The first kappa shape index (κ1) is 24.6. The lowest BCUT2D eigenvalue weighted by molar-refractivity contribution is -0.136. The predicted octanol–water partition coefficient (Wildman–Crippen LogP) is 6.01. The van der Waals surface area contributed by atoms with E-state index in [1.54, 1.807) is 19.1 Å². The number of ether oxygens (including phenoxy) is 1. The monoisotopic (exact) mass is 492 g/mol. The number of carbonyl (C=O) groups is 2. The highest BCUT2D eigenvalue weighted by Gasteiger charge is 2.18. The van der Waals surface area contributed by atoms with Gasteiger partial charge in [0.1, 0.15) is 23.0 Å². The van der Waals surface area contributed by atoms with Crippen molar-refractivity contribution in [2.45, 2.75) is 19.8 Å². The molecule has 0 unspecified atom stereocenters. The number of nitrogens with one attached hydrogen (secondary N) is 1. The molecule has 0 atom stereocenters. The third-order valence-electron chi connectivity index (χ3n) is 5.49. The lowest BCUT2D eigenvalue weighted by Gasteiger charge is -2.09. The number of carboxylic acid groups (broad SMARTS) is 1. The minimum absolute atomic E-state index is 0.0191. The Bertz CT molecular complexity index is 1380. The number of amides is 1. The van der Waals surface area contributed by atoms with E-state index in [0.29, 0.717) is 28.3 Å². The average molecular weight is 492 g/mol. The third-order valence-corrected chi connectivity index (χ3v) is 5.49. The van der Waals surface area contributed by atoms with Gasteiger partial charge in [-0.15, -0.1) is 0 Å². The Morgan fingerprint density at radius 2 is 1.61 bits per heavy atom. The van der Waals surface area contributed by atoms with Crippen molar-refractivity contribution in [3.05, 3.63) is 95.2 Å². The molecule has 0 aliphatic heterocycles. The van der Waals surface area contributed by atoms with E-state index in [9.17, 15) is 18.4 Å². The molecule has 2 N–H and O–H groups in total. The lowest BCUT2D eigenvalue weighted by atomic mass is 10.0. The van der Waals surface area contributed by atoms with Crippen LogP contribution in [0.15, 0.2) is 71.3 Å². The number of aliphatic carboxylic acids is 1. The summed E-state index contributed by atoms with van der Waals surface area (Å²) >= 11 is 0. The highest BCUT2D eigenvalue weighted by molar-refractivity contribution is 5.91. The van der Waals surface area contributed by atoms with Gasteiger partial charge in [-0.25, -0.2) is 13.6 Å². The van der Waals surface area contributed by atoms with Crippen LogP contribution in [0.2, 0.25) is 0 Å². The van der Waals surface area contributed by atoms with Gasteiger partial charge in [0.05, 0.1) is 13.0 Å². The molecule has 4 aromatic rings. The molecule has 4 rings (SSSR count). The van der Waals surface area contributed by atoms with Crippen molar-refractivity contribution in [3.63, 3.8) is 0 Å². The topological polar surface area (TPSA) is 102 Å². The summed E-state index contributed by atoms with van der Waals surface area (Å²) in [5.74, 6) is -1.69. The van der Waals surface area contributed by atoms with Gasteiger partial charge < -0.3 is 14.4 Å². The minimum atomic E-state index is -0.886. The first-order valence-electron chi connectivity index (χ1n) is 11.1.